The molecule has 1 fully saturated rings. The number of rotatable bonds is 4. The summed E-state index contributed by atoms with van der Waals surface area (Å²) in [6, 6.07) is 4.03. The fourth-order valence-corrected chi connectivity index (χ4v) is 3.58. The van der Waals surface area contributed by atoms with Gasteiger partial charge in [-0.3, -0.25) is 15.0 Å². The predicted molar refractivity (Wildman–Crippen MR) is 82.3 cm³/mol. The number of thiophene rings is 1. The van der Waals surface area contributed by atoms with E-state index < -0.39 is 0 Å². The maximum Gasteiger partial charge on any atom is 0.243 e. The maximum atomic E-state index is 12.4. The van der Waals surface area contributed by atoms with Gasteiger partial charge in [0.25, 0.3) is 0 Å². The predicted octanol–water partition coefficient (Wildman–Crippen LogP) is 3.21. The molecule has 0 aromatic carbocycles. The highest BCUT2D eigenvalue weighted by atomic mass is 32.1. The van der Waals surface area contributed by atoms with Gasteiger partial charge in [0.2, 0.25) is 11.8 Å². The van der Waals surface area contributed by atoms with Crippen LogP contribution in [0.25, 0.3) is 0 Å². The molecule has 1 N–H and O–H groups in total. The standard InChI is InChI=1S/C15H19N3O2S/c1-10-8-14(20-17-10)16-15(19)11(2)18-6-3-4-13(18)12-5-7-21-9-12/h5,7-9,11,13H,3-4,6H2,1-2H3,(H,16,19)/t11-,13-/m1/s1. The summed E-state index contributed by atoms with van der Waals surface area (Å²) in [4.78, 5) is 14.7. The lowest BCUT2D eigenvalue weighted by Gasteiger charge is -2.29. The Balaban J connectivity index is 1.68. The zero-order valence-corrected chi connectivity index (χ0v) is 13.0. The van der Waals surface area contributed by atoms with Crippen LogP contribution in [0.5, 0.6) is 0 Å². The first-order chi connectivity index (χ1) is 10.1. The third kappa shape index (κ3) is 3.01. The molecule has 1 aliphatic rings. The Morgan fingerprint density at radius 1 is 1.62 bits per heavy atom. The monoisotopic (exact) mass is 305 g/mol. The van der Waals surface area contributed by atoms with Crippen LogP contribution in [0.3, 0.4) is 0 Å². The number of carbonyl (C=O) groups excluding carboxylic acids is 1. The van der Waals surface area contributed by atoms with Crippen molar-refractivity contribution in [2.75, 3.05) is 11.9 Å². The normalized spacial score (nSPS) is 20.6. The van der Waals surface area contributed by atoms with Crippen LogP contribution >= 0.6 is 11.3 Å². The van der Waals surface area contributed by atoms with E-state index in [1.807, 2.05) is 13.8 Å². The second-order valence-corrected chi connectivity index (χ2v) is 6.23. The molecule has 0 aliphatic carbocycles. The van der Waals surface area contributed by atoms with Crippen molar-refractivity contribution >= 4 is 23.1 Å². The Bertz CT molecular complexity index is 608. The lowest BCUT2D eigenvalue weighted by atomic mass is 10.1. The first-order valence-electron chi connectivity index (χ1n) is 7.17. The SMILES string of the molecule is Cc1cc(NC(=O)[C@@H](C)N2CCC[C@@H]2c2ccsc2)on1. The van der Waals surface area contributed by atoms with E-state index in [0.29, 0.717) is 11.9 Å². The summed E-state index contributed by atoms with van der Waals surface area (Å²) in [5, 5.41) is 10.8. The van der Waals surface area contributed by atoms with E-state index in [9.17, 15) is 4.79 Å². The number of nitrogens with zero attached hydrogens (tertiary/aromatic N) is 2. The van der Waals surface area contributed by atoms with E-state index in [-0.39, 0.29) is 11.9 Å². The summed E-state index contributed by atoms with van der Waals surface area (Å²) in [7, 11) is 0. The molecule has 0 radical (unpaired) electrons. The van der Waals surface area contributed by atoms with Gasteiger partial charge in [-0.2, -0.15) is 11.3 Å². The summed E-state index contributed by atoms with van der Waals surface area (Å²) in [5.41, 5.74) is 2.07. The van der Waals surface area contributed by atoms with Crippen molar-refractivity contribution in [2.45, 2.75) is 38.8 Å². The fraction of sp³-hybridized carbons (Fsp3) is 0.467. The summed E-state index contributed by atoms with van der Waals surface area (Å²) < 4.78 is 5.05. The summed E-state index contributed by atoms with van der Waals surface area (Å²) in [6.45, 7) is 4.73. The molecule has 2 atom stereocenters. The van der Waals surface area contributed by atoms with Crippen molar-refractivity contribution in [3.63, 3.8) is 0 Å². The largest absolute Gasteiger partial charge is 0.338 e. The van der Waals surface area contributed by atoms with E-state index in [1.165, 1.54) is 5.56 Å². The average Bonchev–Trinajstić information content (AvgIpc) is 3.18. The van der Waals surface area contributed by atoms with Gasteiger partial charge in [0.1, 0.15) is 0 Å². The van der Waals surface area contributed by atoms with Gasteiger partial charge in [-0.25, -0.2) is 0 Å². The number of likely N-dealkylation sites (tertiary alicyclic amines) is 1. The van der Waals surface area contributed by atoms with Gasteiger partial charge in [-0.05, 0) is 55.6 Å². The van der Waals surface area contributed by atoms with Crippen LogP contribution < -0.4 is 5.32 Å². The van der Waals surface area contributed by atoms with Crippen LogP contribution in [-0.4, -0.2) is 28.6 Å². The second kappa shape index (κ2) is 5.99. The molecule has 21 heavy (non-hydrogen) atoms. The van der Waals surface area contributed by atoms with Crippen molar-refractivity contribution in [1.82, 2.24) is 10.1 Å². The van der Waals surface area contributed by atoms with E-state index in [0.717, 1.165) is 25.1 Å². The molecule has 6 heteroatoms. The lowest BCUT2D eigenvalue weighted by Crippen LogP contribution is -2.41. The first-order valence-corrected chi connectivity index (χ1v) is 8.11. The molecule has 1 aliphatic heterocycles. The van der Waals surface area contributed by atoms with Gasteiger partial charge < -0.3 is 4.52 Å². The molecule has 5 nitrogen and oxygen atoms in total. The van der Waals surface area contributed by atoms with E-state index in [2.05, 4.69) is 32.2 Å². The minimum atomic E-state index is -0.192. The fourth-order valence-electron chi connectivity index (χ4n) is 2.87. The average molecular weight is 305 g/mol. The number of aryl methyl sites for hydroxylation is 1. The summed E-state index contributed by atoms with van der Waals surface area (Å²) in [6.07, 6.45) is 2.23. The molecule has 0 saturated carbocycles. The van der Waals surface area contributed by atoms with Crippen LogP contribution in [0, 0.1) is 6.92 Å². The van der Waals surface area contributed by atoms with Gasteiger partial charge >= 0.3 is 0 Å². The Labute approximate surface area is 127 Å². The van der Waals surface area contributed by atoms with Crippen LogP contribution in [0.15, 0.2) is 27.4 Å². The molecule has 3 heterocycles. The van der Waals surface area contributed by atoms with Crippen LogP contribution in [0.4, 0.5) is 5.88 Å². The Morgan fingerprint density at radius 2 is 2.48 bits per heavy atom. The highest BCUT2D eigenvalue weighted by molar-refractivity contribution is 7.07. The second-order valence-electron chi connectivity index (χ2n) is 5.45. The van der Waals surface area contributed by atoms with Gasteiger partial charge in [0, 0.05) is 12.1 Å². The third-order valence-electron chi connectivity index (χ3n) is 3.97. The first kappa shape index (κ1) is 14.3. The molecule has 2 aromatic heterocycles. The number of aromatic nitrogens is 1. The van der Waals surface area contributed by atoms with Crippen molar-refractivity contribution in [2.24, 2.45) is 0 Å². The molecular formula is C15H19N3O2S. The van der Waals surface area contributed by atoms with E-state index in [1.54, 1.807) is 17.4 Å². The van der Waals surface area contributed by atoms with E-state index in [4.69, 9.17) is 4.52 Å². The zero-order chi connectivity index (χ0) is 14.8. The molecule has 112 valence electrons. The van der Waals surface area contributed by atoms with E-state index >= 15 is 0 Å². The number of hydrogen-bond acceptors (Lipinski definition) is 5. The minimum absolute atomic E-state index is 0.0479. The van der Waals surface area contributed by atoms with Crippen molar-refractivity contribution in [1.29, 1.82) is 0 Å². The molecular weight excluding hydrogens is 286 g/mol. The third-order valence-corrected chi connectivity index (χ3v) is 4.67. The molecule has 2 aromatic rings. The Kier molecular flexibility index (Phi) is 4.07. The van der Waals surface area contributed by atoms with Gasteiger partial charge in [-0.1, -0.05) is 5.16 Å². The lowest BCUT2D eigenvalue weighted by molar-refractivity contribution is -0.121. The molecule has 3 rings (SSSR count). The number of hydrogen-bond donors (Lipinski definition) is 1. The highest BCUT2D eigenvalue weighted by Crippen LogP contribution is 2.34. The van der Waals surface area contributed by atoms with Gasteiger partial charge in [-0.15, -0.1) is 0 Å². The van der Waals surface area contributed by atoms with Crippen molar-refractivity contribution in [3.05, 3.63) is 34.2 Å². The quantitative estimate of drug-likeness (QED) is 0.942. The van der Waals surface area contributed by atoms with Crippen molar-refractivity contribution < 1.29 is 9.32 Å². The number of carbonyl (C=O) groups is 1. The van der Waals surface area contributed by atoms with Crippen molar-refractivity contribution in [3.8, 4) is 0 Å². The van der Waals surface area contributed by atoms with Gasteiger partial charge in [0.15, 0.2) is 0 Å². The number of anilines is 1. The minimum Gasteiger partial charge on any atom is -0.338 e. The topological polar surface area (TPSA) is 58.4 Å². The highest BCUT2D eigenvalue weighted by Gasteiger charge is 2.33. The maximum absolute atomic E-state index is 12.4. The van der Waals surface area contributed by atoms with Crippen LogP contribution in [-0.2, 0) is 4.79 Å². The summed E-state index contributed by atoms with van der Waals surface area (Å²) in [5.74, 6) is 0.365. The molecule has 0 bridgehead atoms. The zero-order valence-electron chi connectivity index (χ0n) is 12.2. The Hall–Kier alpha value is -1.66. The van der Waals surface area contributed by atoms with Crippen LogP contribution in [0.1, 0.15) is 37.1 Å². The summed E-state index contributed by atoms with van der Waals surface area (Å²) >= 11 is 1.70. The molecule has 0 unspecified atom stereocenters. The molecule has 1 amide bonds. The Morgan fingerprint density at radius 3 is 3.14 bits per heavy atom. The van der Waals surface area contributed by atoms with Crippen LogP contribution in [0.2, 0.25) is 0 Å². The smallest absolute Gasteiger partial charge is 0.243 e. The molecule has 1 saturated heterocycles. The number of amides is 1. The molecule has 0 spiro atoms. The number of nitrogens with one attached hydrogen (secondary N) is 1. The van der Waals surface area contributed by atoms with Gasteiger partial charge in [0.05, 0.1) is 11.7 Å².